The molecule has 3 nitrogen and oxygen atoms in total. The van der Waals surface area contributed by atoms with Crippen LogP contribution in [-0.2, 0) is 5.60 Å². The maximum absolute atomic E-state index is 11.2. The number of halogens is 1. The first-order valence-corrected chi connectivity index (χ1v) is 8.47. The molecule has 5 heteroatoms. The zero-order chi connectivity index (χ0) is 15.2. The van der Waals surface area contributed by atoms with Gasteiger partial charge in [0, 0.05) is 15.6 Å². The summed E-state index contributed by atoms with van der Waals surface area (Å²) in [6, 6.07) is 10.4. The third-order valence-corrected chi connectivity index (χ3v) is 5.51. The Morgan fingerprint density at radius 1 is 1.33 bits per heavy atom. The van der Waals surface area contributed by atoms with Crippen LogP contribution >= 0.6 is 27.3 Å². The fourth-order valence-electron chi connectivity index (χ4n) is 2.53. The molecular formula is C16H17BrN2OS. The van der Waals surface area contributed by atoms with Crippen molar-refractivity contribution in [1.29, 1.82) is 0 Å². The van der Waals surface area contributed by atoms with Crippen molar-refractivity contribution in [1.82, 2.24) is 9.78 Å². The van der Waals surface area contributed by atoms with E-state index < -0.39 is 5.60 Å². The molecule has 0 aliphatic rings. The van der Waals surface area contributed by atoms with Gasteiger partial charge in [-0.05, 0) is 54.2 Å². The number of aliphatic hydroxyl groups is 1. The van der Waals surface area contributed by atoms with Crippen LogP contribution in [0.4, 0.5) is 0 Å². The van der Waals surface area contributed by atoms with Crippen LogP contribution in [0.3, 0.4) is 0 Å². The highest BCUT2D eigenvalue weighted by atomic mass is 79.9. The zero-order valence-corrected chi connectivity index (χ0v) is 14.6. The maximum Gasteiger partial charge on any atom is 0.139 e. The van der Waals surface area contributed by atoms with E-state index in [1.54, 1.807) is 17.5 Å². The van der Waals surface area contributed by atoms with Gasteiger partial charge in [-0.2, -0.15) is 5.10 Å². The molecule has 1 atom stereocenters. The van der Waals surface area contributed by atoms with Crippen LogP contribution in [0, 0.1) is 0 Å². The Morgan fingerprint density at radius 3 is 2.71 bits per heavy atom. The number of hydrogen-bond donors (Lipinski definition) is 1. The maximum atomic E-state index is 11.2. The first-order chi connectivity index (χ1) is 9.91. The van der Waals surface area contributed by atoms with E-state index in [1.165, 1.54) is 4.70 Å². The van der Waals surface area contributed by atoms with Gasteiger partial charge in [0.05, 0.1) is 16.4 Å². The Balaban J connectivity index is 2.17. The largest absolute Gasteiger partial charge is 0.378 e. The van der Waals surface area contributed by atoms with Crippen LogP contribution in [0.1, 0.15) is 37.4 Å². The summed E-state index contributed by atoms with van der Waals surface area (Å²) in [7, 11) is 0. The van der Waals surface area contributed by atoms with Crippen LogP contribution in [0.2, 0.25) is 0 Å². The van der Waals surface area contributed by atoms with E-state index in [4.69, 9.17) is 0 Å². The first-order valence-electron chi connectivity index (χ1n) is 6.86. The van der Waals surface area contributed by atoms with Crippen molar-refractivity contribution in [2.45, 2.75) is 32.4 Å². The normalized spacial score (nSPS) is 14.8. The highest BCUT2D eigenvalue weighted by Crippen LogP contribution is 2.40. The molecule has 0 saturated heterocycles. The van der Waals surface area contributed by atoms with Crippen LogP contribution in [-0.4, -0.2) is 14.9 Å². The Hall–Kier alpha value is -1.17. The third kappa shape index (κ3) is 2.43. The van der Waals surface area contributed by atoms with Crippen LogP contribution in [0.5, 0.6) is 0 Å². The van der Waals surface area contributed by atoms with E-state index >= 15 is 0 Å². The molecule has 0 radical (unpaired) electrons. The van der Waals surface area contributed by atoms with Crippen LogP contribution in [0.15, 0.2) is 41.0 Å². The molecule has 0 bridgehead atoms. The second kappa shape index (κ2) is 5.23. The topological polar surface area (TPSA) is 38.0 Å². The number of fused-ring (bicyclic) bond motifs is 1. The lowest BCUT2D eigenvalue weighted by Crippen LogP contribution is -2.27. The number of nitrogens with zero attached hydrogens (tertiary/aromatic N) is 2. The van der Waals surface area contributed by atoms with Gasteiger partial charge in [0.25, 0.3) is 0 Å². The predicted octanol–water partition coefficient (Wildman–Crippen LogP) is 4.70. The zero-order valence-electron chi connectivity index (χ0n) is 12.2. The smallest absolute Gasteiger partial charge is 0.139 e. The van der Waals surface area contributed by atoms with Gasteiger partial charge in [0.15, 0.2) is 0 Å². The first kappa shape index (κ1) is 14.8. The minimum atomic E-state index is -1.08. The molecule has 0 aliphatic heterocycles. The van der Waals surface area contributed by atoms with E-state index in [2.05, 4.69) is 53.1 Å². The van der Waals surface area contributed by atoms with Gasteiger partial charge in [-0.3, -0.25) is 4.68 Å². The molecule has 0 amide bonds. The summed E-state index contributed by atoms with van der Waals surface area (Å²) in [5.74, 6) is 0. The summed E-state index contributed by atoms with van der Waals surface area (Å²) >= 11 is 5.14. The molecule has 1 aromatic carbocycles. The molecule has 2 aromatic heterocycles. The van der Waals surface area contributed by atoms with Crippen molar-refractivity contribution in [2.75, 3.05) is 0 Å². The molecule has 2 heterocycles. The molecule has 1 N–H and O–H groups in total. The molecule has 0 fully saturated rings. The second-order valence-corrected chi connectivity index (χ2v) is 7.54. The number of aromatic nitrogens is 2. The van der Waals surface area contributed by atoms with Gasteiger partial charge in [0.2, 0.25) is 0 Å². The van der Waals surface area contributed by atoms with E-state index in [-0.39, 0.29) is 6.04 Å². The van der Waals surface area contributed by atoms with Crippen molar-refractivity contribution in [3.8, 4) is 0 Å². The summed E-state index contributed by atoms with van der Waals surface area (Å²) in [5, 5.41) is 16.7. The second-order valence-electron chi connectivity index (χ2n) is 5.60. The molecule has 3 rings (SSSR count). The van der Waals surface area contributed by atoms with Crippen molar-refractivity contribution in [3.05, 3.63) is 51.6 Å². The molecule has 1 unspecified atom stereocenters. The molecule has 0 spiro atoms. The predicted molar refractivity (Wildman–Crippen MR) is 90.8 cm³/mol. The van der Waals surface area contributed by atoms with Crippen molar-refractivity contribution in [2.24, 2.45) is 0 Å². The average Bonchev–Trinajstić information content (AvgIpc) is 3.02. The number of benzene rings is 1. The summed E-state index contributed by atoms with van der Waals surface area (Å²) in [6.07, 6.45) is 1.75. The lowest BCUT2D eigenvalue weighted by atomic mass is 9.99. The monoisotopic (exact) mass is 364 g/mol. The van der Waals surface area contributed by atoms with Gasteiger partial charge in [-0.15, -0.1) is 11.3 Å². The third-order valence-electron chi connectivity index (χ3n) is 3.61. The Labute approximate surface area is 136 Å². The summed E-state index contributed by atoms with van der Waals surface area (Å²) in [5.41, 5.74) is -0.285. The molecule has 3 aromatic rings. The van der Waals surface area contributed by atoms with E-state index in [1.807, 2.05) is 23.7 Å². The highest BCUT2D eigenvalue weighted by molar-refractivity contribution is 9.10. The Kier molecular flexibility index (Phi) is 3.67. The fraction of sp³-hybridized carbons (Fsp3) is 0.312. The summed E-state index contributed by atoms with van der Waals surface area (Å²) in [6.45, 7) is 5.95. The summed E-state index contributed by atoms with van der Waals surface area (Å²) in [4.78, 5) is 0.923. The van der Waals surface area contributed by atoms with E-state index in [0.29, 0.717) is 0 Å². The summed E-state index contributed by atoms with van der Waals surface area (Å²) < 4.78 is 3.88. The van der Waals surface area contributed by atoms with Gasteiger partial charge in [0.1, 0.15) is 5.60 Å². The molecule has 0 aliphatic carbocycles. The van der Waals surface area contributed by atoms with Gasteiger partial charge in [-0.25, -0.2) is 0 Å². The Morgan fingerprint density at radius 2 is 2.05 bits per heavy atom. The van der Waals surface area contributed by atoms with E-state index in [9.17, 15) is 5.11 Å². The fourth-order valence-corrected chi connectivity index (χ4v) is 4.30. The van der Waals surface area contributed by atoms with Crippen molar-refractivity contribution >= 4 is 37.4 Å². The van der Waals surface area contributed by atoms with Gasteiger partial charge >= 0.3 is 0 Å². The lowest BCUT2D eigenvalue weighted by Gasteiger charge is -2.25. The van der Waals surface area contributed by atoms with Crippen LogP contribution in [0.25, 0.3) is 10.1 Å². The number of thiophene rings is 1. The minimum absolute atomic E-state index is 0.187. The average molecular weight is 365 g/mol. The number of rotatable bonds is 3. The number of hydrogen-bond acceptors (Lipinski definition) is 3. The quantitative estimate of drug-likeness (QED) is 0.731. The van der Waals surface area contributed by atoms with Crippen molar-refractivity contribution in [3.63, 3.8) is 0 Å². The standard InChI is InChI=1S/C16H17BrN2OS/c1-10(2)19-15(12(17)9-18-19)16(3,20)14-8-11-6-4-5-7-13(11)21-14/h4-10,20H,1-3H3. The van der Waals surface area contributed by atoms with Gasteiger partial charge < -0.3 is 5.11 Å². The lowest BCUT2D eigenvalue weighted by molar-refractivity contribution is 0.0931. The molecule has 0 saturated carbocycles. The van der Waals surface area contributed by atoms with Gasteiger partial charge in [-0.1, -0.05) is 18.2 Å². The van der Waals surface area contributed by atoms with Crippen LogP contribution < -0.4 is 0 Å². The Bertz CT molecular complexity index is 756. The highest BCUT2D eigenvalue weighted by Gasteiger charge is 2.34. The van der Waals surface area contributed by atoms with Crippen molar-refractivity contribution < 1.29 is 5.11 Å². The van der Waals surface area contributed by atoms with E-state index in [0.717, 1.165) is 20.4 Å². The molecule has 21 heavy (non-hydrogen) atoms. The molecular weight excluding hydrogens is 348 g/mol. The SMILES string of the molecule is CC(C)n1ncc(Br)c1C(C)(O)c1cc2ccccc2s1. The minimum Gasteiger partial charge on any atom is -0.378 e. The molecule has 110 valence electrons.